The van der Waals surface area contributed by atoms with Crippen molar-refractivity contribution in [2.75, 3.05) is 18.9 Å². The zero-order chi connectivity index (χ0) is 13.8. The molecule has 4 heteroatoms. The molecule has 0 saturated heterocycles. The Morgan fingerprint density at radius 1 is 1.53 bits per heavy atom. The second-order valence-electron chi connectivity index (χ2n) is 4.46. The van der Waals surface area contributed by atoms with Crippen molar-refractivity contribution in [3.63, 3.8) is 0 Å². The summed E-state index contributed by atoms with van der Waals surface area (Å²) in [5.74, 6) is 0.0683. The van der Waals surface area contributed by atoms with Crippen LogP contribution >= 0.6 is 0 Å². The Balaban J connectivity index is 2.28. The van der Waals surface area contributed by atoms with E-state index >= 15 is 0 Å². The van der Waals surface area contributed by atoms with Crippen LogP contribution in [0.3, 0.4) is 0 Å². The van der Waals surface area contributed by atoms with Gasteiger partial charge in [-0.3, -0.25) is 9.79 Å². The molecule has 1 aliphatic rings. The Morgan fingerprint density at radius 3 is 3.05 bits per heavy atom. The standard InChI is InChI=1S/C15H17N3O/c1-11(7-9-16-2)17-14-6-4-5-13-12(14)8-10-18(3)15(13)19/h4-7,9,17H,1-2,8,10H2,3H3/b9-7-. The van der Waals surface area contributed by atoms with Crippen molar-refractivity contribution in [3.8, 4) is 0 Å². The first-order valence-corrected chi connectivity index (χ1v) is 6.09. The third-order valence-electron chi connectivity index (χ3n) is 3.13. The molecule has 1 aromatic carbocycles. The summed E-state index contributed by atoms with van der Waals surface area (Å²) in [6.07, 6.45) is 4.16. The minimum absolute atomic E-state index is 0.0683. The topological polar surface area (TPSA) is 44.7 Å². The summed E-state index contributed by atoms with van der Waals surface area (Å²) in [7, 11) is 1.82. The Morgan fingerprint density at radius 2 is 2.32 bits per heavy atom. The van der Waals surface area contributed by atoms with Gasteiger partial charge in [0.15, 0.2) is 0 Å². The average Bonchev–Trinajstić information content (AvgIpc) is 2.41. The molecule has 1 amide bonds. The second kappa shape index (κ2) is 5.52. The summed E-state index contributed by atoms with van der Waals surface area (Å²) in [6.45, 7) is 8.00. The van der Waals surface area contributed by atoms with Crippen LogP contribution < -0.4 is 5.32 Å². The Hall–Kier alpha value is -2.36. The molecule has 4 nitrogen and oxygen atoms in total. The number of nitrogens with one attached hydrogen (secondary N) is 1. The van der Waals surface area contributed by atoms with Gasteiger partial charge < -0.3 is 10.2 Å². The zero-order valence-corrected chi connectivity index (χ0v) is 11.0. The highest BCUT2D eigenvalue weighted by Crippen LogP contribution is 2.26. The third kappa shape index (κ3) is 2.73. The predicted molar refractivity (Wildman–Crippen MR) is 78.6 cm³/mol. The summed E-state index contributed by atoms with van der Waals surface area (Å²) in [5.41, 5.74) is 3.45. The SMILES string of the molecule is C=N/C=C\C(=C)Nc1cccc2c1CCN(C)C2=O. The molecule has 1 heterocycles. The number of rotatable bonds is 4. The summed E-state index contributed by atoms with van der Waals surface area (Å²) >= 11 is 0. The van der Waals surface area contributed by atoms with Crippen molar-refractivity contribution < 1.29 is 4.79 Å². The molecular weight excluding hydrogens is 238 g/mol. The molecule has 0 bridgehead atoms. The molecule has 0 unspecified atom stereocenters. The summed E-state index contributed by atoms with van der Waals surface area (Å²) in [5, 5.41) is 3.20. The van der Waals surface area contributed by atoms with Crippen LogP contribution in [0.2, 0.25) is 0 Å². The number of carbonyl (C=O) groups is 1. The highest BCUT2D eigenvalue weighted by atomic mass is 16.2. The second-order valence-corrected chi connectivity index (χ2v) is 4.46. The molecule has 0 spiro atoms. The number of allylic oxidation sites excluding steroid dienone is 1. The lowest BCUT2D eigenvalue weighted by Crippen LogP contribution is -2.34. The van der Waals surface area contributed by atoms with E-state index in [1.807, 2.05) is 25.2 Å². The molecule has 1 aliphatic heterocycles. The first-order chi connectivity index (χ1) is 9.13. The van der Waals surface area contributed by atoms with Crippen molar-refractivity contribution in [2.45, 2.75) is 6.42 Å². The lowest BCUT2D eigenvalue weighted by Gasteiger charge is -2.26. The minimum atomic E-state index is 0.0683. The van der Waals surface area contributed by atoms with Crippen LogP contribution in [-0.4, -0.2) is 31.1 Å². The maximum atomic E-state index is 12.1. The highest BCUT2D eigenvalue weighted by Gasteiger charge is 2.23. The number of likely N-dealkylation sites (N-methyl/N-ethyl adjacent to an activating group) is 1. The molecule has 0 radical (unpaired) electrons. The van der Waals surface area contributed by atoms with Gasteiger partial charge in [0.1, 0.15) is 0 Å². The quantitative estimate of drug-likeness (QED) is 0.663. The van der Waals surface area contributed by atoms with Crippen LogP contribution in [0.4, 0.5) is 5.69 Å². The fourth-order valence-corrected chi connectivity index (χ4v) is 2.12. The van der Waals surface area contributed by atoms with Gasteiger partial charge in [-0.15, -0.1) is 0 Å². The first kappa shape index (κ1) is 13.1. The number of carbonyl (C=O) groups excluding carboxylic acids is 1. The van der Waals surface area contributed by atoms with E-state index in [9.17, 15) is 4.79 Å². The molecule has 0 aromatic heterocycles. The predicted octanol–water partition coefficient (Wildman–Crippen LogP) is 2.45. The summed E-state index contributed by atoms with van der Waals surface area (Å²) in [6, 6.07) is 5.70. The molecule has 2 rings (SSSR count). The number of nitrogens with zero attached hydrogens (tertiary/aromatic N) is 2. The maximum Gasteiger partial charge on any atom is 0.253 e. The Kier molecular flexibility index (Phi) is 3.80. The Bertz CT molecular complexity index is 561. The normalized spacial score (nSPS) is 14.4. The first-order valence-electron chi connectivity index (χ1n) is 6.09. The van der Waals surface area contributed by atoms with Crippen molar-refractivity contribution >= 4 is 18.3 Å². The van der Waals surface area contributed by atoms with E-state index in [1.165, 1.54) is 0 Å². The van der Waals surface area contributed by atoms with Crippen molar-refractivity contribution in [2.24, 2.45) is 4.99 Å². The lowest BCUT2D eigenvalue weighted by molar-refractivity contribution is 0.0781. The van der Waals surface area contributed by atoms with Crippen molar-refractivity contribution in [1.29, 1.82) is 0 Å². The highest BCUT2D eigenvalue weighted by molar-refractivity contribution is 5.98. The van der Waals surface area contributed by atoms with Crippen LogP contribution in [-0.2, 0) is 6.42 Å². The monoisotopic (exact) mass is 255 g/mol. The van der Waals surface area contributed by atoms with E-state index in [0.717, 1.165) is 29.8 Å². The number of anilines is 1. The molecule has 0 saturated carbocycles. The summed E-state index contributed by atoms with van der Waals surface area (Å²) < 4.78 is 0. The number of amides is 1. The number of benzene rings is 1. The van der Waals surface area contributed by atoms with Gasteiger partial charge in [0, 0.05) is 36.7 Å². The number of hydrogen-bond acceptors (Lipinski definition) is 3. The largest absolute Gasteiger partial charge is 0.356 e. The van der Waals surface area contributed by atoms with E-state index in [-0.39, 0.29) is 5.91 Å². The van der Waals surface area contributed by atoms with Crippen LogP contribution in [0.5, 0.6) is 0 Å². The third-order valence-corrected chi connectivity index (χ3v) is 3.13. The van der Waals surface area contributed by atoms with E-state index in [2.05, 4.69) is 23.6 Å². The van der Waals surface area contributed by atoms with Gasteiger partial charge >= 0.3 is 0 Å². The molecule has 98 valence electrons. The number of fused-ring (bicyclic) bond motifs is 1. The Labute approximate surface area is 113 Å². The van der Waals surface area contributed by atoms with Crippen LogP contribution in [0.1, 0.15) is 15.9 Å². The van der Waals surface area contributed by atoms with Crippen LogP contribution in [0.25, 0.3) is 0 Å². The fraction of sp³-hybridized carbons (Fsp3) is 0.200. The van der Waals surface area contributed by atoms with E-state index in [0.29, 0.717) is 5.70 Å². The van der Waals surface area contributed by atoms with Gasteiger partial charge in [-0.1, -0.05) is 12.6 Å². The zero-order valence-electron chi connectivity index (χ0n) is 11.0. The van der Waals surface area contributed by atoms with Gasteiger partial charge in [0.05, 0.1) is 0 Å². The number of aliphatic imine (C=N–C) groups is 1. The molecule has 1 N–H and O–H groups in total. The van der Waals surface area contributed by atoms with Gasteiger partial charge in [-0.25, -0.2) is 0 Å². The van der Waals surface area contributed by atoms with Crippen LogP contribution in [0, 0.1) is 0 Å². The fourth-order valence-electron chi connectivity index (χ4n) is 2.12. The van der Waals surface area contributed by atoms with E-state index in [4.69, 9.17) is 0 Å². The molecule has 0 fully saturated rings. The van der Waals surface area contributed by atoms with Gasteiger partial charge in [0.2, 0.25) is 0 Å². The van der Waals surface area contributed by atoms with Gasteiger partial charge in [-0.2, -0.15) is 0 Å². The van der Waals surface area contributed by atoms with E-state index in [1.54, 1.807) is 17.2 Å². The van der Waals surface area contributed by atoms with Crippen LogP contribution in [0.15, 0.2) is 47.7 Å². The van der Waals surface area contributed by atoms with Crippen molar-refractivity contribution in [1.82, 2.24) is 4.90 Å². The van der Waals surface area contributed by atoms with E-state index < -0.39 is 0 Å². The molecule has 1 aromatic rings. The molecule has 0 aliphatic carbocycles. The lowest BCUT2D eigenvalue weighted by atomic mass is 9.97. The maximum absolute atomic E-state index is 12.1. The molecule has 19 heavy (non-hydrogen) atoms. The minimum Gasteiger partial charge on any atom is -0.356 e. The van der Waals surface area contributed by atoms with Gasteiger partial charge in [0.25, 0.3) is 5.91 Å². The molecular formula is C15H17N3O. The van der Waals surface area contributed by atoms with Gasteiger partial charge in [-0.05, 0) is 36.9 Å². The average molecular weight is 255 g/mol. The summed E-state index contributed by atoms with van der Waals surface area (Å²) in [4.78, 5) is 17.4. The van der Waals surface area contributed by atoms with Crippen molar-refractivity contribution in [3.05, 3.63) is 53.9 Å². The molecule has 0 atom stereocenters. The number of hydrogen-bond donors (Lipinski definition) is 1. The smallest absolute Gasteiger partial charge is 0.253 e.